The van der Waals surface area contributed by atoms with Gasteiger partial charge in [0.25, 0.3) is 11.8 Å². The first-order chi connectivity index (χ1) is 18.6. The van der Waals surface area contributed by atoms with Crippen molar-refractivity contribution in [1.29, 1.82) is 0 Å². The van der Waals surface area contributed by atoms with Gasteiger partial charge in [-0.25, -0.2) is 9.50 Å². The molecular weight excluding hydrogens is 486 g/mol. The van der Waals surface area contributed by atoms with Gasteiger partial charge in [-0.2, -0.15) is 5.10 Å². The van der Waals surface area contributed by atoms with Crippen molar-refractivity contribution in [3.8, 4) is 17.2 Å². The van der Waals surface area contributed by atoms with Crippen LogP contribution >= 0.6 is 0 Å². The second kappa shape index (κ2) is 10.0. The van der Waals surface area contributed by atoms with Crippen LogP contribution in [0.25, 0.3) is 5.65 Å². The molecule has 10 heteroatoms. The number of amides is 2. The van der Waals surface area contributed by atoms with Gasteiger partial charge < -0.3 is 24.4 Å². The van der Waals surface area contributed by atoms with E-state index in [1.54, 1.807) is 36.2 Å². The molecule has 10 nitrogen and oxygen atoms in total. The van der Waals surface area contributed by atoms with Crippen LogP contribution in [0.5, 0.6) is 17.2 Å². The van der Waals surface area contributed by atoms with Gasteiger partial charge in [-0.1, -0.05) is 12.1 Å². The van der Waals surface area contributed by atoms with Crippen LogP contribution in [0, 0.1) is 0 Å². The minimum Gasteiger partial charge on any atom is -0.494 e. The predicted molar refractivity (Wildman–Crippen MR) is 138 cm³/mol. The van der Waals surface area contributed by atoms with E-state index in [2.05, 4.69) is 15.4 Å². The fourth-order valence-corrected chi connectivity index (χ4v) is 5.02. The van der Waals surface area contributed by atoms with Gasteiger partial charge in [0.1, 0.15) is 5.75 Å². The summed E-state index contributed by atoms with van der Waals surface area (Å²) < 4.78 is 19.1. The Hall–Kier alpha value is -4.60. The van der Waals surface area contributed by atoms with Crippen LogP contribution in [-0.2, 0) is 11.2 Å². The van der Waals surface area contributed by atoms with Crippen molar-refractivity contribution in [3.63, 3.8) is 0 Å². The van der Waals surface area contributed by atoms with Crippen molar-refractivity contribution in [2.45, 2.75) is 18.9 Å². The topological polar surface area (TPSA) is 107 Å². The predicted octanol–water partition coefficient (Wildman–Crippen LogP) is 2.80. The lowest BCUT2D eigenvalue weighted by Crippen LogP contribution is -2.41. The molecule has 1 atom stereocenters. The lowest BCUT2D eigenvalue weighted by Gasteiger charge is -2.38. The highest BCUT2D eigenvalue weighted by atomic mass is 16.5. The summed E-state index contributed by atoms with van der Waals surface area (Å²) in [6.07, 6.45) is 4.69. The van der Waals surface area contributed by atoms with E-state index in [1.165, 1.54) is 0 Å². The van der Waals surface area contributed by atoms with Gasteiger partial charge in [0.2, 0.25) is 0 Å². The van der Waals surface area contributed by atoms with Crippen LogP contribution in [0.1, 0.15) is 39.6 Å². The standard InChI is InChI=1S/C28H27N5O5/c1-36-23-15-21-18-7-11-32(28(35)22-16-25-29-8-3-10-33(25)31-22)27(21)19-5-2-6-20(13-19)37-12-4-9-30-26(34)17-38-24(23)14-18/h2-3,5-6,8,10,13-16,27H,4,7,9,11-12,17H2,1H3,(H,30,34). The molecule has 38 heavy (non-hydrogen) atoms. The molecule has 2 aromatic carbocycles. The van der Waals surface area contributed by atoms with E-state index < -0.39 is 6.04 Å². The number of benzene rings is 2. The molecule has 1 unspecified atom stereocenters. The smallest absolute Gasteiger partial charge is 0.275 e. The van der Waals surface area contributed by atoms with E-state index >= 15 is 0 Å². The normalized spacial score (nSPS) is 17.4. The molecule has 4 aromatic rings. The Morgan fingerprint density at radius 2 is 2.08 bits per heavy atom. The summed E-state index contributed by atoms with van der Waals surface area (Å²) in [5.41, 5.74) is 3.78. The zero-order valence-electron chi connectivity index (χ0n) is 20.9. The molecule has 0 aliphatic carbocycles. The number of carbonyl (C=O) groups excluding carboxylic acids is 2. The van der Waals surface area contributed by atoms with Crippen LogP contribution in [0.4, 0.5) is 0 Å². The van der Waals surface area contributed by atoms with E-state index in [1.807, 2.05) is 41.3 Å². The summed E-state index contributed by atoms with van der Waals surface area (Å²) in [5, 5.41) is 7.33. The number of aromatic nitrogens is 3. The highest BCUT2D eigenvalue weighted by Crippen LogP contribution is 2.42. The molecular formula is C28H27N5O5. The second-order valence-corrected chi connectivity index (χ2v) is 9.22. The first kappa shape index (κ1) is 23.8. The van der Waals surface area contributed by atoms with Gasteiger partial charge >= 0.3 is 0 Å². The number of nitrogens with one attached hydrogen (secondary N) is 1. The Labute approximate surface area is 219 Å². The summed E-state index contributed by atoms with van der Waals surface area (Å²) in [7, 11) is 1.56. The molecule has 5 heterocycles. The molecule has 0 fully saturated rings. The minimum atomic E-state index is -0.410. The van der Waals surface area contributed by atoms with Gasteiger partial charge in [0.05, 0.1) is 19.8 Å². The Morgan fingerprint density at radius 1 is 1.16 bits per heavy atom. The molecule has 0 saturated carbocycles. The zero-order chi connectivity index (χ0) is 26.1. The van der Waals surface area contributed by atoms with Crippen molar-refractivity contribution >= 4 is 17.5 Å². The van der Waals surface area contributed by atoms with Gasteiger partial charge in [-0.15, -0.1) is 0 Å². The third kappa shape index (κ3) is 4.49. The molecule has 3 aliphatic heterocycles. The molecule has 194 valence electrons. The van der Waals surface area contributed by atoms with E-state index in [4.69, 9.17) is 14.2 Å². The van der Waals surface area contributed by atoms with Gasteiger partial charge in [-0.05, 0) is 59.9 Å². The number of rotatable bonds is 2. The second-order valence-electron chi connectivity index (χ2n) is 9.22. The van der Waals surface area contributed by atoms with Gasteiger partial charge in [-0.3, -0.25) is 9.59 Å². The lowest BCUT2D eigenvalue weighted by atomic mass is 9.87. The maximum Gasteiger partial charge on any atom is 0.275 e. The van der Waals surface area contributed by atoms with Gasteiger partial charge in [0.15, 0.2) is 29.4 Å². The minimum absolute atomic E-state index is 0.120. The van der Waals surface area contributed by atoms with Crippen LogP contribution in [0.2, 0.25) is 0 Å². The number of nitrogens with zero attached hydrogens (tertiary/aromatic N) is 4. The van der Waals surface area contributed by atoms with Crippen molar-refractivity contribution in [2.24, 2.45) is 0 Å². The molecule has 7 rings (SSSR count). The molecule has 2 aromatic heterocycles. The number of methoxy groups -OCH3 is 1. The highest BCUT2D eigenvalue weighted by Gasteiger charge is 2.35. The van der Waals surface area contributed by atoms with E-state index in [-0.39, 0.29) is 18.4 Å². The van der Waals surface area contributed by atoms with Crippen LogP contribution in [0.3, 0.4) is 0 Å². The quantitative estimate of drug-likeness (QED) is 0.439. The summed E-state index contributed by atoms with van der Waals surface area (Å²) in [5.74, 6) is 1.28. The van der Waals surface area contributed by atoms with Crippen LogP contribution in [0.15, 0.2) is 60.9 Å². The molecule has 2 amide bonds. The highest BCUT2D eigenvalue weighted by molar-refractivity contribution is 5.94. The zero-order valence-corrected chi connectivity index (χ0v) is 20.9. The Morgan fingerprint density at radius 3 is 2.95 bits per heavy atom. The average Bonchev–Trinajstić information content (AvgIpc) is 3.38. The molecule has 0 spiro atoms. The van der Waals surface area contributed by atoms with Crippen molar-refractivity contribution in [2.75, 3.05) is 33.4 Å². The number of fused-ring (bicyclic) bond motifs is 9. The molecule has 6 bridgehead atoms. The monoisotopic (exact) mass is 513 g/mol. The van der Waals surface area contributed by atoms with Crippen molar-refractivity contribution in [3.05, 3.63) is 83.3 Å². The SMILES string of the molecule is COc1cc2c3cc1OCC(=O)NCCCOc1cccc(c1)C2N(C(=O)c1cc2ncccn2n1)CC3. The largest absolute Gasteiger partial charge is 0.494 e. The number of hydrogen-bond donors (Lipinski definition) is 1. The molecule has 1 N–H and O–H groups in total. The average molecular weight is 514 g/mol. The van der Waals surface area contributed by atoms with E-state index in [9.17, 15) is 9.59 Å². The van der Waals surface area contributed by atoms with Crippen molar-refractivity contribution in [1.82, 2.24) is 24.8 Å². The summed E-state index contributed by atoms with van der Waals surface area (Å²) >= 11 is 0. The summed E-state index contributed by atoms with van der Waals surface area (Å²) in [6, 6.07) is 14.7. The number of carbonyl (C=O) groups is 2. The number of ether oxygens (including phenoxy) is 3. The van der Waals surface area contributed by atoms with Gasteiger partial charge in [0, 0.05) is 31.5 Å². The Kier molecular flexibility index (Phi) is 6.28. The van der Waals surface area contributed by atoms with E-state index in [0.717, 1.165) is 16.7 Å². The maximum atomic E-state index is 13.9. The Bertz CT molecular complexity index is 1480. The lowest BCUT2D eigenvalue weighted by molar-refractivity contribution is -0.123. The fourth-order valence-electron chi connectivity index (χ4n) is 5.02. The van der Waals surface area contributed by atoms with Crippen LogP contribution < -0.4 is 19.5 Å². The molecule has 3 aliphatic rings. The third-order valence-corrected chi connectivity index (χ3v) is 6.81. The first-order valence-corrected chi connectivity index (χ1v) is 12.5. The summed E-state index contributed by atoms with van der Waals surface area (Å²) in [6.45, 7) is 1.26. The summed E-state index contributed by atoms with van der Waals surface area (Å²) in [4.78, 5) is 32.3. The Balaban J connectivity index is 1.47. The van der Waals surface area contributed by atoms with Crippen LogP contribution in [-0.4, -0.2) is 64.7 Å². The molecule has 0 radical (unpaired) electrons. The number of hydrogen-bond acceptors (Lipinski definition) is 7. The molecule has 0 saturated heterocycles. The fraction of sp³-hybridized carbons (Fsp3) is 0.286. The van der Waals surface area contributed by atoms with Crippen molar-refractivity contribution < 1.29 is 23.8 Å². The first-order valence-electron chi connectivity index (χ1n) is 12.5. The maximum absolute atomic E-state index is 13.9. The third-order valence-electron chi connectivity index (χ3n) is 6.81. The van der Waals surface area contributed by atoms with E-state index in [0.29, 0.717) is 61.1 Å².